The third kappa shape index (κ3) is 8.84. The first-order valence-electron chi connectivity index (χ1n) is 11.5. The highest BCUT2D eigenvalue weighted by Gasteiger charge is 2.23. The van der Waals surface area contributed by atoms with Gasteiger partial charge in [0.1, 0.15) is 0 Å². The Morgan fingerprint density at radius 1 is 1.16 bits per heavy atom. The van der Waals surface area contributed by atoms with Crippen molar-refractivity contribution < 1.29 is 9.53 Å². The van der Waals surface area contributed by atoms with Gasteiger partial charge in [0, 0.05) is 46.3 Å². The first-order valence-corrected chi connectivity index (χ1v) is 11.5. The molecule has 1 aromatic rings. The van der Waals surface area contributed by atoms with E-state index in [2.05, 4.69) is 49.7 Å². The first-order chi connectivity index (χ1) is 15.2. The van der Waals surface area contributed by atoms with Gasteiger partial charge in [-0.2, -0.15) is 0 Å². The van der Waals surface area contributed by atoms with Gasteiger partial charge in [0.15, 0.2) is 5.96 Å². The van der Waals surface area contributed by atoms with E-state index in [-0.39, 0.29) is 35.8 Å². The van der Waals surface area contributed by atoms with E-state index in [1.165, 1.54) is 11.1 Å². The molecular weight excluding hydrogens is 519 g/mol. The average molecular weight is 559 g/mol. The summed E-state index contributed by atoms with van der Waals surface area (Å²) in [5.41, 5.74) is 8.12. The van der Waals surface area contributed by atoms with Crippen molar-refractivity contribution in [1.29, 1.82) is 0 Å². The van der Waals surface area contributed by atoms with Crippen molar-refractivity contribution in [2.45, 2.75) is 32.4 Å². The molecule has 2 heterocycles. The maximum absolute atomic E-state index is 11.4. The summed E-state index contributed by atoms with van der Waals surface area (Å²) < 4.78 is 5.46. The van der Waals surface area contributed by atoms with E-state index in [9.17, 15) is 4.79 Å². The van der Waals surface area contributed by atoms with E-state index in [1.54, 1.807) is 7.05 Å². The van der Waals surface area contributed by atoms with E-state index in [0.717, 1.165) is 90.8 Å². The van der Waals surface area contributed by atoms with Crippen molar-refractivity contribution in [2.24, 2.45) is 16.6 Å². The summed E-state index contributed by atoms with van der Waals surface area (Å²) in [6, 6.07) is 8.59. The number of rotatable bonds is 9. The molecule has 1 aromatic carbocycles. The zero-order valence-electron chi connectivity index (χ0n) is 19.2. The molecule has 3 rings (SSSR count). The number of nitrogens with one attached hydrogen (secondary N) is 2. The largest absolute Gasteiger partial charge is 0.379 e. The number of hydrogen-bond acceptors (Lipinski definition) is 5. The number of hydrogen-bond donors (Lipinski definition) is 3. The van der Waals surface area contributed by atoms with Crippen LogP contribution in [0, 0.1) is 5.92 Å². The smallest absolute Gasteiger partial charge is 0.221 e. The fourth-order valence-electron chi connectivity index (χ4n) is 4.28. The summed E-state index contributed by atoms with van der Waals surface area (Å²) in [5.74, 6) is 0.657. The van der Waals surface area contributed by atoms with Crippen molar-refractivity contribution >= 4 is 35.8 Å². The molecule has 2 saturated heterocycles. The van der Waals surface area contributed by atoms with Gasteiger partial charge in [0.25, 0.3) is 0 Å². The van der Waals surface area contributed by atoms with Crippen LogP contribution >= 0.6 is 24.0 Å². The van der Waals surface area contributed by atoms with E-state index in [0.29, 0.717) is 0 Å². The normalized spacial score (nSPS) is 20.4. The van der Waals surface area contributed by atoms with Gasteiger partial charge in [0.05, 0.1) is 19.1 Å². The molecule has 0 saturated carbocycles. The molecular formula is C23H39IN6O2. The maximum Gasteiger partial charge on any atom is 0.221 e. The number of guanidine groups is 1. The third-order valence-electron chi connectivity index (χ3n) is 6.14. The Hall–Kier alpha value is -1.43. The van der Waals surface area contributed by atoms with Crippen LogP contribution < -0.4 is 16.4 Å². The van der Waals surface area contributed by atoms with Crippen molar-refractivity contribution in [3.63, 3.8) is 0 Å². The summed E-state index contributed by atoms with van der Waals surface area (Å²) in [7, 11) is 1.80. The molecule has 1 amide bonds. The maximum atomic E-state index is 11.4. The fraction of sp³-hybridized carbons (Fsp3) is 0.652. The number of piperidine rings is 1. The summed E-state index contributed by atoms with van der Waals surface area (Å²) >= 11 is 0. The van der Waals surface area contributed by atoms with Crippen LogP contribution in [-0.2, 0) is 22.6 Å². The van der Waals surface area contributed by atoms with Gasteiger partial charge in [-0.25, -0.2) is 0 Å². The quantitative estimate of drug-likeness (QED) is 0.184. The molecule has 0 bridgehead atoms. The number of morpholine rings is 1. The Balaban J connectivity index is 0.00000363. The number of carbonyl (C=O) groups excluding carboxylic acids is 1. The van der Waals surface area contributed by atoms with Gasteiger partial charge in [-0.1, -0.05) is 24.3 Å². The standard InChI is InChI=1S/C23H38N6O2.HI/c1-25-23(26-9-5-11-28-10-4-8-21(18-28)22(24)30)27-16-19-6-2-3-7-20(19)17-29-12-14-31-15-13-29;/h2-3,6-7,21H,4-5,8-18H2,1H3,(H2,24,30)(H2,25,26,27);1H. The molecule has 9 heteroatoms. The number of benzene rings is 1. The summed E-state index contributed by atoms with van der Waals surface area (Å²) in [5, 5.41) is 6.85. The number of amides is 1. The lowest BCUT2D eigenvalue weighted by Crippen LogP contribution is -2.43. The van der Waals surface area contributed by atoms with Crippen LogP contribution in [0.25, 0.3) is 0 Å². The summed E-state index contributed by atoms with van der Waals surface area (Å²) in [4.78, 5) is 20.6. The number of primary amides is 1. The Kier molecular flexibility index (Phi) is 12.3. The van der Waals surface area contributed by atoms with Gasteiger partial charge >= 0.3 is 0 Å². The van der Waals surface area contributed by atoms with Crippen molar-refractivity contribution in [3.8, 4) is 0 Å². The number of nitrogens with zero attached hydrogens (tertiary/aromatic N) is 3. The third-order valence-corrected chi connectivity index (χ3v) is 6.14. The zero-order chi connectivity index (χ0) is 21.9. The molecule has 0 radical (unpaired) electrons. The number of likely N-dealkylation sites (tertiary alicyclic amines) is 1. The van der Waals surface area contributed by atoms with E-state index < -0.39 is 0 Å². The Morgan fingerprint density at radius 3 is 2.62 bits per heavy atom. The summed E-state index contributed by atoms with van der Waals surface area (Å²) in [6.45, 7) is 8.96. The molecule has 2 aliphatic rings. The van der Waals surface area contributed by atoms with E-state index in [1.807, 2.05) is 0 Å². The van der Waals surface area contributed by atoms with Crippen LogP contribution in [0.2, 0.25) is 0 Å². The second-order valence-electron chi connectivity index (χ2n) is 8.41. The minimum Gasteiger partial charge on any atom is -0.379 e. The minimum absolute atomic E-state index is 0. The van der Waals surface area contributed by atoms with Crippen molar-refractivity contribution in [1.82, 2.24) is 20.4 Å². The molecule has 8 nitrogen and oxygen atoms in total. The summed E-state index contributed by atoms with van der Waals surface area (Å²) in [6.07, 6.45) is 2.97. The molecule has 1 atom stereocenters. The lowest BCUT2D eigenvalue weighted by molar-refractivity contribution is -0.123. The van der Waals surface area contributed by atoms with E-state index >= 15 is 0 Å². The second-order valence-corrected chi connectivity index (χ2v) is 8.41. The number of ether oxygens (including phenoxy) is 1. The van der Waals surface area contributed by atoms with Gasteiger partial charge in [-0.05, 0) is 43.5 Å². The Bertz CT molecular complexity index is 726. The predicted octanol–water partition coefficient (Wildman–Crippen LogP) is 1.39. The lowest BCUT2D eigenvalue weighted by atomic mass is 9.97. The van der Waals surface area contributed by atoms with Crippen molar-refractivity contribution in [2.75, 3.05) is 59.5 Å². The SMILES string of the molecule is CN=C(NCCCN1CCCC(C(N)=O)C1)NCc1ccccc1CN1CCOCC1.I. The topological polar surface area (TPSA) is 95.2 Å². The molecule has 32 heavy (non-hydrogen) atoms. The van der Waals surface area contributed by atoms with Gasteiger partial charge in [-0.15, -0.1) is 24.0 Å². The first kappa shape index (κ1) is 26.8. The highest BCUT2D eigenvalue weighted by atomic mass is 127. The monoisotopic (exact) mass is 558 g/mol. The highest BCUT2D eigenvalue weighted by molar-refractivity contribution is 14.0. The number of carbonyl (C=O) groups is 1. The predicted molar refractivity (Wildman–Crippen MR) is 139 cm³/mol. The molecule has 2 aliphatic heterocycles. The van der Waals surface area contributed by atoms with Gasteiger partial charge in [-0.3, -0.25) is 14.7 Å². The van der Waals surface area contributed by atoms with Gasteiger partial charge in [0.2, 0.25) is 5.91 Å². The van der Waals surface area contributed by atoms with E-state index in [4.69, 9.17) is 10.5 Å². The fourth-order valence-corrected chi connectivity index (χ4v) is 4.28. The molecule has 2 fully saturated rings. The van der Waals surface area contributed by atoms with Crippen LogP contribution in [0.15, 0.2) is 29.3 Å². The second kappa shape index (κ2) is 14.7. The lowest BCUT2D eigenvalue weighted by Gasteiger charge is -2.31. The Morgan fingerprint density at radius 2 is 1.91 bits per heavy atom. The van der Waals surface area contributed by atoms with Crippen LogP contribution in [0.4, 0.5) is 0 Å². The average Bonchev–Trinajstić information content (AvgIpc) is 2.80. The number of halogens is 1. The molecule has 4 N–H and O–H groups in total. The molecule has 1 unspecified atom stereocenters. The van der Waals surface area contributed by atoms with Gasteiger partial charge < -0.3 is 26.0 Å². The van der Waals surface area contributed by atoms with Crippen LogP contribution in [0.1, 0.15) is 30.4 Å². The molecule has 0 spiro atoms. The molecule has 0 aliphatic carbocycles. The molecule has 180 valence electrons. The Labute approximate surface area is 209 Å². The minimum atomic E-state index is -0.165. The van der Waals surface area contributed by atoms with Crippen LogP contribution in [0.5, 0.6) is 0 Å². The van der Waals surface area contributed by atoms with Crippen molar-refractivity contribution in [3.05, 3.63) is 35.4 Å². The number of nitrogens with two attached hydrogens (primary N) is 1. The van der Waals surface area contributed by atoms with Crippen LogP contribution in [-0.4, -0.2) is 81.2 Å². The van der Waals surface area contributed by atoms with Crippen LogP contribution in [0.3, 0.4) is 0 Å². The highest BCUT2D eigenvalue weighted by Crippen LogP contribution is 2.16. The zero-order valence-corrected chi connectivity index (χ0v) is 21.6. The number of aliphatic imine (C=N–C) groups is 1. The molecule has 0 aromatic heterocycles.